The van der Waals surface area contributed by atoms with Crippen LogP contribution in [0.2, 0.25) is 0 Å². The summed E-state index contributed by atoms with van der Waals surface area (Å²) in [4.78, 5) is 15.6. The summed E-state index contributed by atoms with van der Waals surface area (Å²) in [6.07, 6.45) is -0.757. The van der Waals surface area contributed by atoms with Gasteiger partial charge >= 0.3 is 0 Å². The van der Waals surface area contributed by atoms with Gasteiger partial charge in [0.15, 0.2) is 0 Å². The summed E-state index contributed by atoms with van der Waals surface area (Å²) in [6.45, 7) is 2.22. The molecule has 2 N–H and O–H groups in total. The molecule has 4 rings (SSSR count). The molecule has 0 spiro atoms. The van der Waals surface area contributed by atoms with Crippen molar-refractivity contribution in [2.24, 2.45) is 4.99 Å². The highest BCUT2D eigenvalue weighted by molar-refractivity contribution is 6.01. The average Bonchev–Trinajstić information content (AvgIpc) is 3.30. The fourth-order valence-electron chi connectivity index (χ4n) is 3.58. The van der Waals surface area contributed by atoms with Crippen molar-refractivity contribution >= 4 is 17.3 Å². The number of aliphatic hydroxyl groups is 1. The van der Waals surface area contributed by atoms with E-state index in [1.807, 2.05) is 67.6 Å². The van der Waals surface area contributed by atoms with E-state index >= 15 is 0 Å². The smallest absolute Gasteiger partial charge is 0.270 e. The molecule has 0 fully saturated rings. The lowest BCUT2D eigenvalue weighted by Crippen LogP contribution is -2.25. The number of ether oxygens (including phenoxy) is 1. The first-order valence-corrected chi connectivity index (χ1v) is 10.1. The van der Waals surface area contributed by atoms with Crippen LogP contribution >= 0.6 is 0 Å². The number of nitro groups is 1. The van der Waals surface area contributed by atoms with Crippen LogP contribution in [-0.4, -0.2) is 28.6 Å². The van der Waals surface area contributed by atoms with Crippen molar-refractivity contribution in [2.45, 2.75) is 25.1 Å². The van der Waals surface area contributed by atoms with E-state index in [2.05, 4.69) is 10.3 Å². The zero-order valence-electron chi connectivity index (χ0n) is 17.0. The average molecular weight is 417 g/mol. The van der Waals surface area contributed by atoms with Gasteiger partial charge < -0.3 is 15.2 Å². The van der Waals surface area contributed by atoms with Gasteiger partial charge in [-0.2, -0.15) is 0 Å². The number of aliphatic hydroxyl groups excluding tert-OH is 1. The normalized spacial score (nSPS) is 17.4. The van der Waals surface area contributed by atoms with Crippen LogP contribution in [0.4, 0.5) is 11.4 Å². The fraction of sp³-hybridized carbons (Fsp3) is 0.208. The lowest BCUT2D eigenvalue weighted by atomic mass is 10.0. The van der Waals surface area contributed by atoms with Gasteiger partial charge in [0.05, 0.1) is 22.6 Å². The minimum atomic E-state index is -0.757. The van der Waals surface area contributed by atoms with Crippen LogP contribution < -0.4 is 5.32 Å². The first-order valence-electron chi connectivity index (χ1n) is 10.1. The second-order valence-electron chi connectivity index (χ2n) is 7.45. The fourth-order valence-corrected chi connectivity index (χ4v) is 3.58. The van der Waals surface area contributed by atoms with E-state index in [0.717, 1.165) is 11.1 Å². The van der Waals surface area contributed by atoms with E-state index in [1.54, 1.807) is 6.07 Å². The van der Waals surface area contributed by atoms with Crippen molar-refractivity contribution < 1.29 is 14.8 Å². The molecule has 1 aliphatic rings. The summed E-state index contributed by atoms with van der Waals surface area (Å²) in [5, 5.41) is 25.3. The summed E-state index contributed by atoms with van der Waals surface area (Å²) >= 11 is 0. The Balaban J connectivity index is 1.64. The van der Waals surface area contributed by atoms with E-state index < -0.39 is 11.0 Å². The van der Waals surface area contributed by atoms with Crippen LogP contribution in [0.3, 0.4) is 0 Å². The third kappa shape index (κ3) is 4.57. The second-order valence-corrected chi connectivity index (χ2v) is 7.45. The van der Waals surface area contributed by atoms with Crippen molar-refractivity contribution in [1.29, 1.82) is 0 Å². The number of nitro benzene ring substituents is 1. The maximum absolute atomic E-state index is 11.3. The molecule has 0 aliphatic carbocycles. The maximum atomic E-state index is 11.3. The zero-order valence-corrected chi connectivity index (χ0v) is 17.0. The molecular formula is C24H23N3O4. The van der Waals surface area contributed by atoms with Crippen LogP contribution in [0.25, 0.3) is 0 Å². The standard InChI is InChI=1S/C24H23N3O4/c1-16(23(28)18-10-6-3-7-11-18)25-21-13-12-19(27(29)30)14-20(21)24-26-22(15-31-24)17-8-4-2-5-9-17/h2-14,16,22-23,25,28H,15H2,1H3/t16-,22-,23+/m0/s1. The van der Waals surface area contributed by atoms with Gasteiger partial charge in [-0.1, -0.05) is 60.7 Å². The number of non-ortho nitro benzene ring substituents is 1. The molecule has 3 aromatic carbocycles. The highest BCUT2D eigenvalue weighted by Crippen LogP contribution is 2.31. The van der Waals surface area contributed by atoms with Crippen molar-refractivity contribution in [3.8, 4) is 0 Å². The molecule has 0 unspecified atom stereocenters. The summed E-state index contributed by atoms with van der Waals surface area (Å²) in [5.41, 5.74) is 2.86. The summed E-state index contributed by atoms with van der Waals surface area (Å²) < 4.78 is 5.83. The molecule has 0 saturated heterocycles. The van der Waals surface area contributed by atoms with Gasteiger partial charge in [0, 0.05) is 17.8 Å². The lowest BCUT2D eigenvalue weighted by Gasteiger charge is -2.23. The van der Waals surface area contributed by atoms with E-state index in [0.29, 0.717) is 23.8 Å². The Hall–Kier alpha value is -3.71. The van der Waals surface area contributed by atoms with Crippen LogP contribution in [0, 0.1) is 10.1 Å². The molecular weight excluding hydrogens is 394 g/mol. The highest BCUT2D eigenvalue weighted by atomic mass is 16.6. The molecule has 3 aromatic rings. The van der Waals surface area contributed by atoms with E-state index in [1.165, 1.54) is 12.1 Å². The second kappa shape index (κ2) is 8.97. The Labute approximate surface area is 180 Å². The Morgan fingerprint density at radius 2 is 1.77 bits per heavy atom. The summed E-state index contributed by atoms with van der Waals surface area (Å²) in [5.74, 6) is 0.349. The molecule has 31 heavy (non-hydrogen) atoms. The minimum absolute atomic E-state index is 0.0497. The van der Waals surface area contributed by atoms with Crippen LogP contribution in [0.1, 0.15) is 35.8 Å². The predicted molar refractivity (Wildman–Crippen MR) is 119 cm³/mol. The first kappa shape index (κ1) is 20.6. The number of nitrogens with one attached hydrogen (secondary N) is 1. The van der Waals surface area contributed by atoms with E-state index in [4.69, 9.17) is 4.74 Å². The van der Waals surface area contributed by atoms with Gasteiger partial charge in [-0.05, 0) is 24.1 Å². The van der Waals surface area contributed by atoms with E-state index in [9.17, 15) is 15.2 Å². The molecule has 7 nitrogen and oxygen atoms in total. The Morgan fingerprint density at radius 1 is 1.10 bits per heavy atom. The number of nitrogens with zero attached hydrogens (tertiary/aromatic N) is 2. The Kier molecular flexibility index (Phi) is 5.95. The minimum Gasteiger partial charge on any atom is -0.475 e. The highest BCUT2D eigenvalue weighted by Gasteiger charge is 2.26. The molecule has 158 valence electrons. The summed E-state index contributed by atoms with van der Waals surface area (Å²) in [6, 6.07) is 23.1. The van der Waals surface area contributed by atoms with Gasteiger partial charge in [0.25, 0.3) is 5.69 Å². The van der Waals surface area contributed by atoms with Gasteiger partial charge in [-0.15, -0.1) is 0 Å². The molecule has 7 heteroatoms. The molecule has 0 aromatic heterocycles. The topological polar surface area (TPSA) is 97.0 Å². The zero-order chi connectivity index (χ0) is 21.8. The van der Waals surface area contributed by atoms with Crippen molar-refractivity contribution in [3.05, 3.63) is 106 Å². The first-order chi connectivity index (χ1) is 15.0. The van der Waals surface area contributed by atoms with Crippen LogP contribution in [0.5, 0.6) is 0 Å². The van der Waals surface area contributed by atoms with Crippen LogP contribution in [0.15, 0.2) is 83.9 Å². The van der Waals surface area contributed by atoms with Crippen molar-refractivity contribution in [3.63, 3.8) is 0 Å². The summed E-state index contributed by atoms with van der Waals surface area (Å²) in [7, 11) is 0. The van der Waals surface area contributed by atoms with E-state index in [-0.39, 0.29) is 17.8 Å². The Morgan fingerprint density at radius 3 is 2.45 bits per heavy atom. The molecule has 0 amide bonds. The number of anilines is 1. The third-order valence-electron chi connectivity index (χ3n) is 5.28. The molecule has 1 aliphatic heterocycles. The number of hydrogen-bond donors (Lipinski definition) is 2. The molecule has 1 heterocycles. The molecule has 0 radical (unpaired) electrons. The number of hydrogen-bond acceptors (Lipinski definition) is 6. The monoisotopic (exact) mass is 417 g/mol. The predicted octanol–water partition coefficient (Wildman–Crippen LogP) is 4.65. The lowest BCUT2D eigenvalue weighted by molar-refractivity contribution is -0.384. The quantitative estimate of drug-likeness (QED) is 0.431. The number of rotatable bonds is 7. The number of benzene rings is 3. The SMILES string of the molecule is C[C@H](Nc1ccc([N+](=O)[O-])cc1C1=N[C@H](c2ccccc2)CO1)[C@@H](O)c1ccccc1. The third-order valence-corrected chi connectivity index (χ3v) is 5.28. The van der Waals surface area contributed by atoms with Gasteiger partial charge in [-0.3, -0.25) is 10.1 Å². The molecule has 3 atom stereocenters. The van der Waals surface area contributed by atoms with Crippen LogP contribution in [-0.2, 0) is 4.74 Å². The van der Waals surface area contributed by atoms with Gasteiger partial charge in [0.2, 0.25) is 5.90 Å². The molecule has 0 bridgehead atoms. The van der Waals surface area contributed by atoms with Gasteiger partial charge in [-0.25, -0.2) is 4.99 Å². The number of aliphatic imine (C=N–C) groups is 1. The Bertz CT molecular complexity index is 1090. The van der Waals surface area contributed by atoms with Crippen molar-refractivity contribution in [1.82, 2.24) is 0 Å². The van der Waals surface area contributed by atoms with Crippen molar-refractivity contribution in [2.75, 3.05) is 11.9 Å². The largest absolute Gasteiger partial charge is 0.475 e. The van der Waals surface area contributed by atoms with Gasteiger partial charge in [0.1, 0.15) is 12.6 Å². The molecule has 0 saturated carbocycles. The maximum Gasteiger partial charge on any atom is 0.270 e.